The molecule has 0 bridgehead atoms. The largest absolute Gasteiger partial charge is 0.496 e. The number of nitrogens with one attached hydrogen (secondary N) is 2. The van der Waals surface area contributed by atoms with E-state index >= 15 is 0 Å². The van der Waals surface area contributed by atoms with Crippen LogP contribution in [0.1, 0.15) is 5.69 Å². The summed E-state index contributed by atoms with van der Waals surface area (Å²) >= 11 is 3.44. The van der Waals surface area contributed by atoms with Crippen molar-refractivity contribution >= 4 is 21.6 Å². The van der Waals surface area contributed by atoms with E-state index in [0.29, 0.717) is 0 Å². The molecule has 5 heteroatoms. The molecule has 0 atom stereocenters. The monoisotopic (exact) mass is 281 g/mol. The Labute approximate surface area is 102 Å². The summed E-state index contributed by atoms with van der Waals surface area (Å²) in [5.74, 6) is 0.826. The molecular weight excluding hydrogens is 270 g/mol. The Morgan fingerprint density at radius 2 is 2.38 bits per heavy atom. The molecule has 0 amide bonds. The second kappa shape index (κ2) is 5.03. The van der Waals surface area contributed by atoms with Gasteiger partial charge in [0, 0.05) is 11.9 Å². The fraction of sp³-hybridized carbons (Fsp3) is 0.182. The van der Waals surface area contributed by atoms with Gasteiger partial charge in [0.1, 0.15) is 5.75 Å². The minimum absolute atomic E-state index is 0.721. The number of hydrogen-bond donors (Lipinski definition) is 2. The number of imidazole rings is 1. The number of benzene rings is 1. The van der Waals surface area contributed by atoms with E-state index in [4.69, 9.17) is 4.74 Å². The molecule has 0 radical (unpaired) electrons. The van der Waals surface area contributed by atoms with E-state index in [0.717, 1.165) is 28.1 Å². The SMILES string of the molecule is COc1ccc(NCc2cnc[nH]2)cc1Br. The van der Waals surface area contributed by atoms with Crippen LogP contribution in [0, 0.1) is 0 Å². The van der Waals surface area contributed by atoms with Crippen molar-refractivity contribution in [3.05, 3.63) is 40.9 Å². The van der Waals surface area contributed by atoms with Crippen molar-refractivity contribution in [3.63, 3.8) is 0 Å². The Kier molecular flexibility index (Phi) is 3.46. The minimum Gasteiger partial charge on any atom is -0.496 e. The van der Waals surface area contributed by atoms with E-state index < -0.39 is 0 Å². The first-order chi connectivity index (χ1) is 7.79. The number of aromatic amines is 1. The van der Waals surface area contributed by atoms with Crippen molar-refractivity contribution in [1.29, 1.82) is 0 Å². The molecule has 1 aromatic carbocycles. The van der Waals surface area contributed by atoms with Gasteiger partial charge in [0.25, 0.3) is 0 Å². The Balaban J connectivity index is 2.02. The smallest absolute Gasteiger partial charge is 0.133 e. The lowest BCUT2D eigenvalue weighted by molar-refractivity contribution is 0.412. The van der Waals surface area contributed by atoms with Crippen LogP contribution < -0.4 is 10.1 Å². The molecule has 2 N–H and O–H groups in total. The third-order valence-electron chi connectivity index (χ3n) is 2.19. The highest BCUT2D eigenvalue weighted by molar-refractivity contribution is 9.10. The van der Waals surface area contributed by atoms with Crippen molar-refractivity contribution in [3.8, 4) is 5.75 Å². The molecule has 4 nitrogen and oxygen atoms in total. The van der Waals surface area contributed by atoms with E-state index in [-0.39, 0.29) is 0 Å². The average Bonchev–Trinajstić information content (AvgIpc) is 2.79. The van der Waals surface area contributed by atoms with E-state index in [2.05, 4.69) is 31.2 Å². The van der Waals surface area contributed by atoms with Gasteiger partial charge in [-0.3, -0.25) is 0 Å². The molecule has 0 aliphatic rings. The van der Waals surface area contributed by atoms with Crippen LogP contribution in [0.3, 0.4) is 0 Å². The number of nitrogens with zero attached hydrogens (tertiary/aromatic N) is 1. The van der Waals surface area contributed by atoms with Gasteiger partial charge in [-0.1, -0.05) is 0 Å². The Morgan fingerprint density at radius 3 is 3.00 bits per heavy atom. The number of halogens is 1. The summed E-state index contributed by atoms with van der Waals surface area (Å²) < 4.78 is 6.09. The Hall–Kier alpha value is -1.49. The van der Waals surface area contributed by atoms with Crippen LogP contribution in [0.25, 0.3) is 0 Å². The molecule has 0 aliphatic heterocycles. The van der Waals surface area contributed by atoms with Gasteiger partial charge in [-0.05, 0) is 34.1 Å². The molecule has 2 aromatic rings. The molecule has 16 heavy (non-hydrogen) atoms. The quantitative estimate of drug-likeness (QED) is 0.906. The van der Waals surface area contributed by atoms with Crippen LogP contribution >= 0.6 is 15.9 Å². The lowest BCUT2D eigenvalue weighted by Gasteiger charge is -2.08. The first kappa shape index (κ1) is 11.0. The molecule has 0 saturated carbocycles. The van der Waals surface area contributed by atoms with Crippen molar-refractivity contribution in [2.24, 2.45) is 0 Å². The van der Waals surface area contributed by atoms with Crippen LogP contribution in [0.4, 0.5) is 5.69 Å². The number of hydrogen-bond acceptors (Lipinski definition) is 3. The summed E-state index contributed by atoms with van der Waals surface area (Å²) in [4.78, 5) is 6.99. The summed E-state index contributed by atoms with van der Waals surface area (Å²) in [5.41, 5.74) is 2.08. The van der Waals surface area contributed by atoms with Crippen LogP contribution in [0.15, 0.2) is 35.2 Å². The number of rotatable bonds is 4. The number of aromatic nitrogens is 2. The Bertz CT molecular complexity index is 456. The highest BCUT2D eigenvalue weighted by Crippen LogP contribution is 2.27. The van der Waals surface area contributed by atoms with Crippen molar-refractivity contribution in [1.82, 2.24) is 9.97 Å². The maximum Gasteiger partial charge on any atom is 0.133 e. The molecule has 0 fully saturated rings. The van der Waals surface area contributed by atoms with Gasteiger partial charge in [0.05, 0.1) is 30.1 Å². The molecule has 2 rings (SSSR count). The van der Waals surface area contributed by atoms with Gasteiger partial charge in [0.15, 0.2) is 0 Å². The van der Waals surface area contributed by atoms with Crippen LogP contribution in [-0.4, -0.2) is 17.1 Å². The van der Waals surface area contributed by atoms with E-state index in [1.807, 2.05) is 18.2 Å². The number of anilines is 1. The van der Waals surface area contributed by atoms with Crippen molar-refractivity contribution in [2.75, 3.05) is 12.4 Å². The molecule has 0 saturated heterocycles. The molecule has 84 valence electrons. The number of H-pyrrole nitrogens is 1. The van der Waals surface area contributed by atoms with Gasteiger partial charge >= 0.3 is 0 Å². The van der Waals surface area contributed by atoms with Crippen molar-refractivity contribution < 1.29 is 4.74 Å². The standard InChI is InChI=1S/C11H12BrN3O/c1-16-11-3-2-8(4-10(11)12)14-6-9-5-13-7-15-9/h2-5,7,14H,6H2,1H3,(H,13,15). The molecule has 0 unspecified atom stereocenters. The van der Waals surface area contributed by atoms with Crippen molar-refractivity contribution in [2.45, 2.75) is 6.54 Å². The average molecular weight is 282 g/mol. The van der Waals surface area contributed by atoms with Crippen LogP contribution in [0.2, 0.25) is 0 Å². The second-order valence-corrected chi connectivity index (χ2v) is 4.13. The van der Waals surface area contributed by atoms with E-state index in [1.165, 1.54) is 0 Å². The first-order valence-corrected chi connectivity index (χ1v) is 5.63. The fourth-order valence-corrected chi connectivity index (χ4v) is 1.90. The van der Waals surface area contributed by atoms with E-state index in [1.54, 1.807) is 19.6 Å². The summed E-state index contributed by atoms with van der Waals surface area (Å²) in [6.45, 7) is 0.721. The zero-order valence-electron chi connectivity index (χ0n) is 8.83. The first-order valence-electron chi connectivity index (χ1n) is 4.84. The predicted molar refractivity (Wildman–Crippen MR) is 66.6 cm³/mol. The third-order valence-corrected chi connectivity index (χ3v) is 2.81. The van der Waals surface area contributed by atoms with Gasteiger partial charge in [-0.25, -0.2) is 4.98 Å². The van der Waals surface area contributed by atoms with Gasteiger partial charge in [-0.15, -0.1) is 0 Å². The molecule has 0 spiro atoms. The number of methoxy groups -OCH3 is 1. The summed E-state index contributed by atoms with van der Waals surface area (Å²) in [6, 6.07) is 5.87. The van der Waals surface area contributed by atoms with Gasteiger partial charge in [0.2, 0.25) is 0 Å². The summed E-state index contributed by atoms with van der Waals surface area (Å²) in [6.07, 6.45) is 3.46. The minimum atomic E-state index is 0.721. The topological polar surface area (TPSA) is 49.9 Å². The molecular formula is C11H12BrN3O. The molecule has 0 aliphatic carbocycles. The van der Waals surface area contributed by atoms with Crippen LogP contribution in [0.5, 0.6) is 5.75 Å². The fourth-order valence-electron chi connectivity index (χ4n) is 1.35. The van der Waals surface area contributed by atoms with Crippen LogP contribution in [-0.2, 0) is 6.54 Å². The van der Waals surface area contributed by atoms with Gasteiger partial charge in [-0.2, -0.15) is 0 Å². The van der Waals surface area contributed by atoms with E-state index in [9.17, 15) is 0 Å². The summed E-state index contributed by atoms with van der Waals surface area (Å²) in [5, 5.41) is 3.28. The lowest BCUT2D eigenvalue weighted by Crippen LogP contribution is -1.99. The zero-order chi connectivity index (χ0) is 11.4. The predicted octanol–water partition coefficient (Wildman–Crippen LogP) is 2.79. The lowest BCUT2D eigenvalue weighted by atomic mass is 10.3. The zero-order valence-corrected chi connectivity index (χ0v) is 10.4. The second-order valence-electron chi connectivity index (χ2n) is 3.28. The maximum absolute atomic E-state index is 5.16. The molecule has 1 aromatic heterocycles. The highest BCUT2D eigenvalue weighted by atomic mass is 79.9. The maximum atomic E-state index is 5.16. The third kappa shape index (κ3) is 2.55. The molecule has 1 heterocycles. The Morgan fingerprint density at radius 1 is 1.50 bits per heavy atom. The number of ether oxygens (including phenoxy) is 1. The summed E-state index contributed by atoms with van der Waals surface area (Å²) in [7, 11) is 1.65. The normalized spacial score (nSPS) is 10.1. The van der Waals surface area contributed by atoms with Gasteiger partial charge < -0.3 is 15.0 Å². The highest BCUT2D eigenvalue weighted by Gasteiger charge is 2.01.